The molecular weight excluding hydrogens is 298 g/mol. The smallest absolute Gasteiger partial charge is 0.305 e. The van der Waals surface area contributed by atoms with E-state index < -0.39 is 17.9 Å². The summed E-state index contributed by atoms with van der Waals surface area (Å²) >= 11 is 0. The predicted molar refractivity (Wildman–Crippen MR) is 81.4 cm³/mol. The highest BCUT2D eigenvalue weighted by Crippen LogP contribution is 2.14. The Balaban J connectivity index is 2.06. The van der Waals surface area contributed by atoms with Crippen LogP contribution in [0.15, 0.2) is 47.1 Å². The van der Waals surface area contributed by atoms with Gasteiger partial charge < -0.3 is 14.8 Å². The standard InChI is InChI=1S/C16H15N3O4/c17-9-11-4-1-2-6-13(11)19-16(22)14(8-15(20)21)18-10-12-5-3-7-23-12/h1-7,14,18H,8,10H2,(H,19,22)(H,20,21). The zero-order valence-corrected chi connectivity index (χ0v) is 12.2. The number of anilines is 1. The van der Waals surface area contributed by atoms with Gasteiger partial charge in [-0.2, -0.15) is 5.26 Å². The molecule has 0 aliphatic rings. The number of carboxylic acid groups (broad SMARTS) is 1. The number of furan rings is 1. The van der Waals surface area contributed by atoms with E-state index in [1.807, 2.05) is 6.07 Å². The first kappa shape index (κ1) is 16.3. The number of aliphatic carboxylic acids is 1. The Morgan fingerprint density at radius 1 is 1.26 bits per heavy atom. The minimum Gasteiger partial charge on any atom is -0.481 e. The van der Waals surface area contributed by atoms with Crippen molar-refractivity contribution in [2.24, 2.45) is 0 Å². The third-order valence-corrected chi connectivity index (χ3v) is 3.10. The number of carbonyl (C=O) groups is 2. The van der Waals surface area contributed by atoms with Crippen molar-refractivity contribution in [2.45, 2.75) is 19.0 Å². The molecule has 0 aliphatic heterocycles. The molecule has 118 valence electrons. The van der Waals surface area contributed by atoms with Crippen LogP contribution in [0.25, 0.3) is 0 Å². The van der Waals surface area contributed by atoms with Crippen molar-refractivity contribution in [1.82, 2.24) is 5.32 Å². The number of nitrogens with zero attached hydrogens (tertiary/aromatic N) is 1. The van der Waals surface area contributed by atoms with Gasteiger partial charge in [-0.1, -0.05) is 12.1 Å². The number of hydrogen-bond donors (Lipinski definition) is 3. The van der Waals surface area contributed by atoms with Crippen LogP contribution < -0.4 is 10.6 Å². The van der Waals surface area contributed by atoms with Crippen molar-refractivity contribution < 1.29 is 19.1 Å². The largest absolute Gasteiger partial charge is 0.481 e. The van der Waals surface area contributed by atoms with Gasteiger partial charge in [0, 0.05) is 0 Å². The van der Waals surface area contributed by atoms with Crippen molar-refractivity contribution in [3.05, 3.63) is 54.0 Å². The van der Waals surface area contributed by atoms with Gasteiger partial charge in [0.25, 0.3) is 0 Å². The highest BCUT2D eigenvalue weighted by atomic mass is 16.4. The van der Waals surface area contributed by atoms with E-state index in [1.54, 1.807) is 36.4 Å². The Hall–Kier alpha value is -3.11. The Labute approximate surface area is 132 Å². The highest BCUT2D eigenvalue weighted by Gasteiger charge is 2.22. The molecule has 1 heterocycles. The number of carbonyl (C=O) groups excluding carboxylic acids is 1. The average molecular weight is 313 g/mol. The summed E-state index contributed by atoms with van der Waals surface area (Å²) in [5.74, 6) is -1.04. The van der Waals surface area contributed by atoms with E-state index in [0.29, 0.717) is 17.0 Å². The summed E-state index contributed by atoms with van der Waals surface area (Å²) in [6.07, 6.45) is 1.10. The summed E-state index contributed by atoms with van der Waals surface area (Å²) in [4.78, 5) is 23.3. The first-order valence-electron chi connectivity index (χ1n) is 6.87. The molecule has 1 aromatic carbocycles. The molecule has 0 fully saturated rings. The number of amides is 1. The lowest BCUT2D eigenvalue weighted by Crippen LogP contribution is -2.41. The van der Waals surface area contributed by atoms with Gasteiger partial charge >= 0.3 is 5.97 Å². The summed E-state index contributed by atoms with van der Waals surface area (Å²) in [7, 11) is 0. The quantitative estimate of drug-likeness (QED) is 0.717. The third-order valence-electron chi connectivity index (χ3n) is 3.10. The summed E-state index contributed by atoms with van der Waals surface area (Å²) in [6, 6.07) is 10.9. The molecule has 0 aliphatic carbocycles. The fraction of sp³-hybridized carbons (Fsp3) is 0.188. The van der Waals surface area contributed by atoms with E-state index in [4.69, 9.17) is 14.8 Å². The maximum atomic E-state index is 12.3. The molecular formula is C16H15N3O4. The van der Waals surface area contributed by atoms with Crippen LogP contribution in [0, 0.1) is 11.3 Å². The molecule has 7 nitrogen and oxygen atoms in total. The fourth-order valence-corrected chi connectivity index (χ4v) is 1.98. The first-order valence-corrected chi connectivity index (χ1v) is 6.87. The zero-order valence-electron chi connectivity index (χ0n) is 12.2. The van der Waals surface area contributed by atoms with E-state index in [1.165, 1.54) is 6.26 Å². The first-order chi connectivity index (χ1) is 11.1. The molecule has 1 unspecified atom stereocenters. The highest BCUT2D eigenvalue weighted by molar-refractivity contribution is 5.97. The SMILES string of the molecule is N#Cc1ccccc1NC(=O)C(CC(=O)O)NCc1ccco1. The maximum Gasteiger partial charge on any atom is 0.305 e. The van der Waals surface area contributed by atoms with Gasteiger partial charge in [-0.05, 0) is 24.3 Å². The Bertz CT molecular complexity index is 719. The van der Waals surface area contributed by atoms with Crippen LogP contribution >= 0.6 is 0 Å². The number of benzene rings is 1. The number of para-hydroxylation sites is 1. The Morgan fingerprint density at radius 3 is 2.70 bits per heavy atom. The summed E-state index contributed by atoms with van der Waals surface area (Å²) in [5, 5.41) is 23.4. The lowest BCUT2D eigenvalue weighted by molar-refractivity contribution is -0.139. The van der Waals surface area contributed by atoms with Crippen LogP contribution in [-0.2, 0) is 16.1 Å². The van der Waals surface area contributed by atoms with Crippen LogP contribution in [0.3, 0.4) is 0 Å². The summed E-state index contributed by atoms with van der Waals surface area (Å²) in [5.41, 5.74) is 0.649. The van der Waals surface area contributed by atoms with Gasteiger partial charge in [0.1, 0.15) is 11.8 Å². The lowest BCUT2D eigenvalue weighted by atomic mass is 10.1. The number of carboxylic acids is 1. The van der Waals surface area contributed by atoms with Crippen molar-refractivity contribution in [2.75, 3.05) is 5.32 Å². The normalized spacial score (nSPS) is 11.4. The van der Waals surface area contributed by atoms with Gasteiger partial charge in [0.2, 0.25) is 5.91 Å². The molecule has 2 rings (SSSR count). The molecule has 0 saturated carbocycles. The minimum absolute atomic E-state index is 0.220. The molecule has 7 heteroatoms. The Morgan fingerprint density at radius 2 is 2.04 bits per heavy atom. The van der Waals surface area contributed by atoms with E-state index in [9.17, 15) is 9.59 Å². The van der Waals surface area contributed by atoms with E-state index in [2.05, 4.69) is 10.6 Å². The Kier molecular flexibility index (Phi) is 5.50. The van der Waals surface area contributed by atoms with Crippen molar-refractivity contribution in [3.63, 3.8) is 0 Å². The minimum atomic E-state index is -1.11. The molecule has 1 atom stereocenters. The maximum absolute atomic E-state index is 12.3. The molecule has 0 radical (unpaired) electrons. The lowest BCUT2D eigenvalue weighted by Gasteiger charge is -2.16. The zero-order chi connectivity index (χ0) is 16.7. The number of nitriles is 1. The second kappa shape index (κ2) is 7.77. The monoisotopic (exact) mass is 313 g/mol. The van der Waals surface area contributed by atoms with Crippen LogP contribution in [0.4, 0.5) is 5.69 Å². The van der Waals surface area contributed by atoms with Crippen molar-refractivity contribution >= 4 is 17.6 Å². The molecule has 1 amide bonds. The summed E-state index contributed by atoms with van der Waals surface area (Å²) < 4.78 is 5.14. The molecule has 0 saturated heterocycles. The topological polar surface area (TPSA) is 115 Å². The number of rotatable bonds is 7. The number of nitrogens with one attached hydrogen (secondary N) is 2. The van der Waals surface area contributed by atoms with E-state index >= 15 is 0 Å². The van der Waals surface area contributed by atoms with Crippen molar-refractivity contribution in [1.29, 1.82) is 5.26 Å². The van der Waals surface area contributed by atoms with Gasteiger partial charge in [0.15, 0.2) is 0 Å². The van der Waals surface area contributed by atoms with Crippen LogP contribution in [0.5, 0.6) is 0 Å². The molecule has 0 spiro atoms. The second-order valence-corrected chi connectivity index (χ2v) is 4.76. The van der Waals surface area contributed by atoms with E-state index in [0.717, 1.165) is 0 Å². The van der Waals surface area contributed by atoms with Crippen LogP contribution in [-0.4, -0.2) is 23.0 Å². The molecule has 3 N–H and O–H groups in total. The van der Waals surface area contributed by atoms with Gasteiger partial charge in [0.05, 0.1) is 36.5 Å². The molecule has 23 heavy (non-hydrogen) atoms. The second-order valence-electron chi connectivity index (χ2n) is 4.76. The molecule has 2 aromatic rings. The predicted octanol–water partition coefficient (Wildman–Crippen LogP) is 1.72. The van der Waals surface area contributed by atoms with Gasteiger partial charge in [-0.3, -0.25) is 14.9 Å². The van der Waals surface area contributed by atoms with Crippen molar-refractivity contribution in [3.8, 4) is 6.07 Å². The van der Waals surface area contributed by atoms with Gasteiger partial charge in [-0.15, -0.1) is 0 Å². The van der Waals surface area contributed by atoms with Crippen LogP contribution in [0.2, 0.25) is 0 Å². The fourth-order valence-electron chi connectivity index (χ4n) is 1.98. The van der Waals surface area contributed by atoms with Gasteiger partial charge in [-0.25, -0.2) is 0 Å². The molecule has 0 bridgehead atoms. The van der Waals surface area contributed by atoms with Crippen LogP contribution in [0.1, 0.15) is 17.7 Å². The van der Waals surface area contributed by atoms with E-state index in [-0.39, 0.29) is 13.0 Å². The summed E-state index contributed by atoms with van der Waals surface area (Å²) in [6.45, 7) is 0.220. The molecule has 1 aromatic heterocycles. The number of hydrogen-bond acceptors (Lipinski definition) is 5. The third kappa shape index (κ3) is 4.69. The average Bonchev–Trinajstić information content (AvgIpc) is 3.05.